The molecule has 1 unspecified atom stereocenters. The summed E-state index contributed by atoms with van der Waals surface area (Å²) in [4.78, 5) is 27.7. The predicted molar refractivity (Wildman–Crippen MR) is 79.8 cm³/mol. The molecule has 1 amide bonds. The van der Waals surface area contributed by atoms with Crippen molar-refractivity contribution in [2.75, 3.05) is 46.9 Å². The van der Waals surface area contributed by atoms with E-state index in [1.54, 1.807) is 0 Å². The highest BCUT2D eigenvalue weighted by molar-refractivity contribution is 5.79. The second kappa shape index (κ2) is 7.75. The molecule has 0 aromatic heterocycles. The number of piperidine rings is 1. The Hall–Kier alpha value is -1.14. The summed E-state index contributed by atoms with van der Waals surface area (Å²) in [6, 6.07) is 0.521. The van der Waals surface area contributed by atoms with E-state index in [1.165, 1.54) is 20.0 Å². The van der Waals surface area contributed by atoms with Crippen LogP contribution < -0.4 is 5.32 Å². The molecule has 2 aliphatic rings. The third-order valence-corrected chi connectivity index (χ3v) is 4.48. The molecule has 2 fully saturated rings. The van der Waals surface area contributed by atoms with Gasteiger partial charge in [0.25, 0.3) is 0 Å². The number of rotatable bonds is 5. The fraction of sp³-hybridized carbons (Fsp3) is 0.867. The van der Waals surface area contributed by atoms with Crippen LogP contribution in [0.3, 0.4) is 0 Å². The van der Waals surface area contributed by atoms with Crippen molar-refractivity contribution in [1.82, 2.24) is 15.1 Å². The lowest BCUT2D eigenvalue weighted by atomic mass is 9.97. The molecular formula is C15H27N3O3. The molecule has 1 atom stereocenters. The van der Waals surface area contributed by atoms with Crippen LogP contribution in [-0.4, -0.2) is 74.6 Å². The van der Waals surface area contributed by atoms with Crippen molar-refractivity contribution >= 4 is 11.9 Å². The Labute approximate surface area is 126 Å². The van der Waals surface area contributed by atoms with Crippen molar-refractivity contribution in [3.05, 3.63) is 0 Å². The van der Waals surface area contributed by atoms with Gasteiger partial charge in [0.1, 0.15) is 0 Å². The number of hydrogen-bond acceptors (Lipinski definition) is 5. The molecule has 0 saturated carbocycles. The lowest BCUT2D eigenvalue weighted by Gasteiger charge is -2.32. The first kappa shape index (κ1) is 16.2. The van der Waals surface area contributed by atoms with Crippen LogP contribution in [0, 0.1) is 5.92 Å². The average Bonchev–Trinajstić information content (AvgIpc) is 2.99. The van der Waals surface area contributed by atoms with Crippen LogP contribution in [0.5, 0.6) is 0 Å². The first-order valence-electron chi connectivity index (χ1n) is 7.87. The van der Waals surface area contributed by atoms with Gasteiger partial charge in [0, 0.05) is 25.7 Å². The van der Waals surface area contributed by atoms with E-state index in [1.807, 2.05) is 11.9 Å². The fourth-order valence-corrected chi connectivity index (χ4v) is 3.22. The number of ether oxygens (including phenoxy) is 1. The van der Waals surface area contributed by atoms with E-state index in [2.05, 4.69) is 10.2 Å². The quantitative estimate of drug-likeness (QED) is 0.728. The number of likely N-dealkylation sites (N-methyl/N-ethyl adjacent to an activating group) is 1. The first-order chi connectivity index (χ1) is 10.1. The standard InChI is InChI=1S/C15H27N3O3/c1-17(10-13-4-3-7-16-13)11-14(19)18-8-5-12(6-9-18)15(20)21-2/h12-13,16H,3-11H2,1-2H3. The summed E-state index contributed by atoms with van der Waals surface area (Å²) in [5, 5.41) is 3.45. The molecule has 21 heavy (non-hydrogen) atoms. The molecule has 6 nitrogen and oxygen atoms in total. The number of esters is 1. The second-order valence-electron chi connectivity index (χ2n) is 6.17. The minimum Gasteiger partial charge on any atom is -0.469 e. The smallest absolute Gasteiger partial charge is 0.308 e. The number of carbonyl (C=O) groups excluding carboxylic acids is 2. The van der Waals surface area contributed by atoms with Gasteiger partial charge in [-0.1, -0.05) is 0 Å². The van der Waals surface area contributed by atoms with Gasteiger partial charge in [-0.3, -0.25) is 14.5 Å². The van der Waals surface area contributed by atoms with Crippen molar-refractivity contribution in [3.8, 4) is 0 Å². The Balaban J connectivity index is 1.70. The highest BCUT2D eigenvalue weighted by Gasteiger charge is 2.28. The number of carbonyl (C=O) groups is 2. The van der Waals surface area contributed by atoms with Gasteiger partial charge in [0.05, 0.1) is 19.6 Å². The van der Waals surface area contributed by atoms with Gasteiger partial charge >= 0.3 is 5.97 Å². The van der Waals surface area contributed by atoms with Gasteiger partial charge in [-0.25, -0.2) is 0 Å². The average molecular weight is 297 g/mol. The van der Waals surface area contributed by atoms with Crippen molar-refractivity contribution in [1.29, 1.82) is 0 Å². The van der Waals surface area contributed by atoms with Crippen LogP contribution >= 0.6 is 0 Å². The van der Waals surface area contributed by atoms with Crippen LogP contribution in [0.1, 0.15) is 25.7 Å². The Morgan fingerprint density at radius 2 is 2.00 bits per heavy atom. The van der Waals surface area contributed by atoms with Crippen LogP contribution in [0.4, 0.5) is 0 Å². The lowest BCUT2D eigenvalue weighted by Crippen LogP contribution is -2.46. The summed E-state index contributed by atoms with van der Waals surface area (Å²) in [6.45, 7) is 3.79. The fourth-order valence-electron chi connectivity index (χ4n) is 3.22. The van der Waals surface area contributed by atoms with Crippen LogP contribution in [-0.2, 0) is 14.3 Å². The van der Waals surface area contributed by atoms with E-state index in [4.69, 9.17) is 4.74 Å². The normalized spacial score (nSPS) is 23.6. The Morgan fingerprint density at radius 3 is 2.57 bits per heavy atom. The van der Waals surface area contributed by atoms with Gasteiger partial charge in [-0.15, -0.1) is 0 Å². The molecule has 2 aliphatic heterocycles. The number of amides is 1. The number of nitrogens with zero attached hydrogens (tertiary/aromatic N) is 2. The molecule has 0 aliphatic carbocycles. The van der Waals surface area contributed by atoms with Gasteiger partial charge in [-0.2, -0.15) is 0 Å². The molecule has 6 heteroatoms. The molecule has 2 heterocycles. The van der Waals surface area contributed by atoms with Crippen LogP contribution in [0.2, 0.25) is 0 Å². The van der Waals surface area contributed by atoms with E-state index < -0.39 is 0 Å². The van der Waals surface area contributed by atoms with Gasteiger partial charge in [-0.05, 0) is 39.3 Å². The first-order valence-corrected chi connectivity index (χ1v) is 7.87. The van der Waals surface area contributed by atoms with Gasteiger partial charge in [0.2, 0.25) is 5.91 Å². The van der Waals surface area contributed by atoms with Crippen molar-refractivity contribution in [2.24, 2.45) is 5.92 Å². The molecule has 0 aromatic carbocycles. The van der Waals surface area contributed by atoms with Gasteiger partial charge < -0.3 is 15.0 Å². The molecule has 0 aromatic rings. The summed E-state index contributed by atoms with van der Waals surface area (Å²) >= 11 is 0. The molecule has 0 bridgehead atoms. The maximum Gasteiger partial charge on any atom is 0.308 e. The van der Waals surface area contributed by atoms with Crippen molar-refractivity contribution in [2.45, 2.75) is 31.7 Å². The zero-order valence-corrected chi connectivity index (χ0v) is 13.1. The Kier molecular flexibility index (Phi) is 5.99. The van der Waals surface area contributed by atoms with Crippen molar-refractivity contribution in [3.63, 3.8) is 0 Å². The molecule has 0 spiro atoms. The lowest BCUT2D eigenvalue weighted by molar-refractivity contribution is -0.149. The Morgan fingerprint density at radius 1 is 1.29 bits per heavy atom. The highest BCUT2D eigenvalue weighted by Crippen LogP contribution is 2.18. The molecule has 2 saturated heterocycles. The van der Waals surface area contributed by atoms with Gasteiger partial charge in [0.15, 0.2) is 0 Å². The molecule has 0 radical (unpaired) electrons. The number of likely N-dealkylation sites (tertiary alicyclic amines) is 1. The zero-order valence-electron chi connectivity index (χ0n) is 13.1. The van der Waals surface area contributed by atoms with E-state index in [0.29, 0.717) is 38.5 Å². The summed E-state index contributed by atoms with van der Waals surface area (Å²) in [7, 11) is 3.42. The molecule has 120 valence electrons. The maximum atomic E-state index is 12.3. The largest absolute Gasteiger partial charge is 0.469 e. The minimum atomic E-state index is -0.147. The van der Waals surface area contributed by atoms with E-state index in [0.717, 1.165) is 13.1 Å². The summed E-state index contributed by atoms with van der Waals surface area (Å²) in [5.74, 6) is -0.0233. The third-order valence-electron chi connectivity index (χ3n) is 4.48. The maximum absolute atomic E-state index is 12.3. The van der Waals surface area contributed by atoms with E-state index in [9.17, 15) is 9.59 Å². The number of hydrogen-bond donors (Lipinski definition) is 1. The number of nitrogens with one attached hydrogen (secondary N) is 1. The summed E-state index contributed by atoms with van der Waals surface area (Å²) < 4.78 is 4.77. The topological polar surface area (TPSA) is 61.9 Å². The van der Waals surface area contributed by atoms with E-state index in [-0.39, 0.29) is 17.8 Å². The minimum absolute atomic E-state index is 0.0422. The summed E-state index contributed by atoms with van der Waals surface area (Å²) in [6.07, 6.45) is 3.86. The second-order valence-corrected chi connectivity index (χ2v) is 6.17. The van der Waals surface area contributed by atoms with Crippen LogP contribution in [0.25, 0.3) is 0 Å². The van der Waals surface area contributed by atoms with E-state index >= 15 is 0 Å². The molecule has 2 rings (SSSR count). The SMILES string of the molecule is COC(=O)C1CCN(C(=O)CN(C)CC2CCCN2)CC1. The molecular weight excluding hydrogens is 270 g/mol. The summed E-state index contributed by atoms with van der Waals surface area (Å²) in [5.41, 5.74) is 0. The monoisotopic (exact) mass is 297 g/mol. The zero-order chi connectivity index (χ0) is 15.2. The van der Waals surface area contributed by atoms with Crippen LogP contribution in [0.15, 0.2) is 0 Å². The third kappa shape index (κ3) is 4.68. The molecule has 1 N–H and O–H groups in total. The predicted octanol–water partition coefficient (Wildman–Crippen LogP) is 0.0818. The highest BCUT2D eigenvalue weighted by atomic mass is 16.5. The number of methoxy groups -OCH3 is 1. The van der Waals surface area contributed by atoms with Crippen molar-refractivity contribution < 1.29 is 14.3 Å². The Bertz CT molecular complexity index is 361.